The smallest absolute Gasteiger partial charge is 0.248 e. The average Bonchev–Trinajstić information content (AvgIpc) is 3.02. The van der Waals surface area contributed by atoms with Crippen molar-refractivity contribution in [2.45, 2.75) is 20.5 Å². The molecular weight excluding hydrogens is 619 g/mol. The highest BCUT2D eigenvalue weighted by Crippen LogP contribution is 2.35. The van der Waals surface area contributed by atoms with E-state index in [9.17, 15) is 19.2 Å². The number of pyridine rings is 2. The second kappa shape index (κ2) is 14.8. The lowest BCUT2D eigenvalue weighted by Crippen LogP contribution is -2.40. The molecule has 11 nitrogen and oxygen atoms in total. The molecule has 0 bridgehead atoms. The van der Waals surface area contributed by atoms with Crippen LogP contribution >= 0.6 is 23.2 Å². The van der Waals surface area contributed by atoms with E-state index in [2.05, 4.69) is 15.3 Å². The van der Waals surface area contributed by atoms with Crippen LogP contribution in [0.4, 0.5) is 11.5 Å². The highest BCUT2D eigenvalue weighted by Gasteiger charge is 2.21. The highest BCUT2D eigenvalue weighted by atomic mass is 35.5. The van der Waals surface area contributed by atoms with Crippen molar-refractivity contribution >= 4 is 75.3 Å². The maximum atomic E-state index is 12.9. The SMILES string of the molecule is CC(=O)N(C(=O)CN)c1ccc(C=CC(=O)NCC(=O)N(C)c2ccc(Cl)c(COc3cccc4ccc(C)nc34)c2Cl)cn1. The molecular formula is C32H30Cl2N6O5. The van der Waals surface area contributed by atoms with Gasteiger partial charge in [-0.05, 0) is 55.0 Å². The van der Waals surface area contributed by atoms with Gasteiger partial charge < -0.3 is 20.7 Å². The molecule has 2 aromatic carbocycles. The van der Waals surface area contributed by atoms with Crippen molar-refractivity contribution in [3.63, 3.8) is 0 Å². The summed E-state index contributed by atoms with van der Waals surface area (Å²) in [7, 11) is 1.54. The Labute approximate surface area is 269 Å². The molecule has 4 aromatic rings. The zero-order valence-corrected chi connectivity index (χ0v) is 26.2. The van der Waals surface area contributed by atoms with Crippen molar-refractivity contribution in [3.05, 3.63) is 93.7 Å². The summed E-state index contributed by atoms with van der Waals surface area (Å²) in [6.07, 6.45) is 4.09. The number of aryl methyl sites for hydroxylation is 1. The molecule has 0 radical (unpaired) electrons. The molecule has 0 aliphatic heterocycles. The minimum Gasteiger partial charge on any atom is -0.487 e. The highest BCUT2D eigenvalue weighted by molar-refractivity contribution is 6.38. The maximum absolute atomic E-state index is 12.9. The van der Waals surface area contributed by atoms with Crippen molar-refractivity contribution in [1.82, 2.24) is 15.3 Å². The molecule has 2 heterocycles. The molecule has 0 atom stereocenters. The van der Waals surface area contributed by atoms with Gasteiger partial charge in [-0.1, -0.05) is 41.4 Å². The Morgan fingerprint density at radius 2 is 1.80 bits per heavy atom. The molecule has 0 saturated heterocycles. The number of nitrogens with two attached hydrogens (primary N) is 1. The summed E-state index contributed by atoms with van der Waals surface area (Å²) in [4.78, 5) is 59.9. The van der Waals surface area contributed by atoms with Crippen molar-refractivity contribution in [2.24, 2.45) is 5.73 Å². The van der Waals surface area contributed by atoms with Crippen LogP contribution in [0.3, 0.4) is 0 Å². The fourth-order valence-corrected chi connectivity index (χ4v) is 4.90. The zero-order chi connectivity index (χ0) is 32.7. The molecule has 0 aliphatic rings. The van der Waals surface area contributed by atoms with Crippen LogP contribution in [-0.4, -0.2) is 53.7 Å². The first-order valence-electron chi connectivity index (χ1n) is 13.7. The number of fused-ring (bicyclic) bond motifs is 1. The topological polar surface area (TPSA) is 148 Å². The third-order valence-electron chi connectivity index (χ3n) is 6.68. The molecule has 4 rings (SSSR count). The molecule has 3 N–H and O–H groups in total. The number of nitrogens with one attached hydrogen (secondary N) is 1. The van der Waals surface area contributed by atoms with Crippen molar-refractivity contribution in [1.29, 1.82) is 0 Å². The van der Waals surface area contributed by atoms with Gasteiger partial charge in [0.15, 0.2) is 0 Å². The number of carbonyl (C=O) groups excluding carboxylic acids is 4. The zero-order valence-electron chi connectivity index (χ0n) is 24.7. The second-order valence-corrected chi connectivity index (χ2v) is 10.6. The third-order valence-corrected chi connectivity index (χ3v) is 7.45. The number of ether oxygens (including phenoxy) is 1. The number of para-hydroxylation sites is 1. The van der Waals surface area contributed by atoms with E-state index in [4.69, 9.17) is 33.7 Å². The summed E-state index contributed by atoms with van der Waals surface area (Å²) < 4.78 is 6.06. The molecule has 0 spiro atoms. The predicted octanol–water partition coefficient (Wildman–Crippen LogP) is 4.45. The van der Waals surface area contributed by atoms with Crippen LogP contribution in [0, 0.1) is 6.92 Å². The summed E-state index contributed by atoms with van der Waals surface area (Å²) >= 11 is 13.1. The van der Waals surface area contributed by atoms with E-state index in [-0.39, 0.29) is 30.5 Å². The van der Waals surface area contributed by atoms with Crippen LogP contribution in [0.1, 0.15) is 23.7 Å². The number of carbonyl (C=O) groups is 4. The van der Waals surface area contributed by atoms with Crippen LogP contribution in [0.5, 0.6) is 5.75 Å². The van der Waals surface area contributed by atoms with E-state index in [0.29, 0.717) is 33.1 Å². The number of benzene rings is 2. The monoisotopic (exact) mass is 648 g/mol. The van der Waals surface area contributed by atoms with Crippen molar-refractivity contribution in [2.75, 3.05) is 29.9 Å². The van der Waals surface area contributed by atoms with Crippen LogP contribution in [0.2, 0.25) is 10.0 Å². The quantitative estimate of drug-likeness (QED) is 0.240. The van der Waals surface area contributed by atoms with E-state index >= 15 is 0 Å². The Morgan fingerprint density at radius 3 is 2.49 bits per heavy atom. The van der Waals surface area contributed by atoms with Crippen LogP contribution in [0.15, 0.2) is 66.9 Å². The van der Waals surface area contributed by atoms with E-state index in [0.717, 1.165) is 16.0 Å². The van der Waals surface area contributed by atoms with Gasteiger partial charge in [0, 0.05) is 47.9 Å². The Balaban J connectivity index is 1.37. The van der Waals surface area contributed by atoms with Gasteiger partial charge in [0.25, 0.3) is 0 Å². The maximum Gasteiger partial charge on any atom is 0.248 e. The average molecular weight is 650 g/mol. The minimum absolute atomic E-state index is 0.0375. The standard InChI is InChI=1S/C32H30Cl2N6O5/c1-19-7-10-22-5-4-6-26(32(22)38-19)45-18-23-24(33)11-12-25(31(23)34)39(3)30(44)17-37-28(42)14-9-21-8-13-27(36-16-21)40(20(2)41)29(43)15-35/h4-14,16H,15,17-18,35H2,1-3H3,(H,37,42). The number of likely N-dealkylation sites (N-methyl/N-ethyl adjacent to an activating group) is 1. The van der Waals surface area contributed by atoms with Crippen LogP contribution in [-0.2, 0) is 25.8 Å². The number of amides is 4. The van der Waals surface area contributed by atoms with E-state index in [1.54, 1.807) is 18.2 Å². The Hall–Kier alpha value is -4.84. The lowest BCUT2D eigenvalue weighted by Gasteiger charge is -2.21. The van der Waals surface area contributed by atoms with Gasteiger partial charge in [-0.15, -0.1) is 0 Å². The number of hydrogen-bond donors (Lipinski definition) is 2. The number of anilines is 2. The number of imide groups is 1. The summed E-state index contributed by atoms with van der Waals surface area (Å²) in [5, 5.41) is 4.07. The largest absolute Gasteiger partial charge is 0.487 e. The first-order chi connectivity index (χ1) is 21.5. The summed E-state index contributed by atoms with van der Waals surface area (Å²) in [5.74, 6) is -1.38. The molecule has 0 aliphatic carbocycles. The fourth-order valence-electron chi connectivity index (χ4n) is 4.29. The van der Waals surface area contributed by atoms with E-state index in [1.165, 1.54) is 43.3 Å². The van der Waals surface area contributed by atoms with Crippen molar-refractivity contribution < 1.29 is 23.9 Å². The molecule has 4 amide bonds. The van der Waals surface area contributed by atoms with Gasteiger partial charge in [-0.3, -0.25) is 19.2 Å². The van der Waals surface area contributed by atoms with Gasteiger partial charge in [0.1, 0.15) is 23.7 Å². The second-order valence-electron chi connectivity index (χ2n) is 9.83. The fraction of sp³-hybridized carbons (Fsp3) is 0.188. The number of hydrogen-bond acceptors (Lipinski definition) is 8. The first-order valence-corrected chi connectivity index (χ1v) is 14.4. The number of rotatable bonds is 10. The summed E-state index contributed by atoms with van der Waals surface area (Å²) in [6, 6.07) is 15.8. The molecule has 13 heteroatoms. The molecule has 0 saturated carbocycles. The summed E-state index contributed by atoms with van der Waals surface area (Å²) in [6.45, 7) is 2.51. The lowest BCUT2D eigenvalue weighted by molar-refractivity contribution is -0.124. The van der Waals surface area contributed by atoms with Gasteiger partial charge in [0.05, 0.1) is 23.8 Å². The predicted molar refractivity (Wildman–Crippen MR) is 174 cm³/mol. The molecule has 0 fully saturated rings. The molecule has 0 unspecified atom stereocenters. The van der Waals surface area contributed by atoms with Gasteiger partial charge in [0.2, 0.25) is 23.6 Å². The number of aromatic nitrogens is 2. The Morgan fingerprint density at radius 1 is 1.02 bits per heavy atom. The van der Waals surface area contributed by atoms with Crippen LogP contribution < -0.4 is 25.6 Å². The molecule has 2 aromatic heterocycles. The summed E-state index contributed by atoms with van der Waals surface area (Å²) in [5.41, 5.74) is 8.33. The van der Waals surface area contributed by atoms with Gasteiger partial charge in [-0.25, -0.2) is 14.9 Å². The minimum atomic E-state index is -0.592. The Kier molecular flexibility index (Phi) is 10.8. The van der Waals surface area contributed by atoms with Gasteiger partial charge in [-0.2, -0.15) is 0 Å². The third kappa shape index (κ3) is 8.01. The first kappa shape index (κ1) is 33.1. The van der Waals surface area contributed by atoms with E-state index < -0.39 is 23.6 Å². The van der Waals surface area contributed by atoms with Crippen LogP contribution in [0.25, 0.3) is 17.0 Å². The lowest BCUT2D eigenvalue weighted by atomic mass is 10.1. The molecule has 45 heavy (non-hydrogen) atoms. The Bertz CT molecular complexity index is 1800. The normalized spacial score (nSPS) is 11.0. The molecule has 232 valence electrons. The van der Waals surface area contributed by atoms with Crippen molar-refractivity contribution in [3.8, 4) is 5.75 Å². The number of nitrogens with zero attached hydrogens (tertiary/aromatic N) is 4. The van der Waals surface area contributed by atoms with Gasteiger partial charge >= 0.3 is 0 Å². The number of halogens is 2. The van der Waals surface area contributed by atoms with E-state index in [1.807, 2.05) is 37.3 Å².